The molecule has 3 rings (SSSR count). The number of fused-ring (bicyclic) bond motifs is 1. The van der Waals surface area contributed by atoms with Gasteiger partial charge >= 0.3 is 12.3 Å². The Kier molecular flexibility index (Phi) is 5.44. The quantitative estimate of drug-likeness (QED) is 0.765. The number of alkyl halides is 3. The first-order valence-corrected chi connectivity index (χ1v) is 9.34. The molecule has 28 heavy (non-hydrogen) atoms. The van der Waals surface area contributed by atoms with Gasteiger partial charge in [-0.2, -0.15) is 13.2 Å². The number of nitrogens with zero attached hydrogens (tertiary/aromatic N) is 2. The molecule has 1 aromatic carbocycles. The van der Waals surface area contributed by atoms with E-state index in [2.05, 4.69) is 4.90 Å². The van der Waals surface area contributed by atoms with Gasteiger partial charge in [0.25, 0.3) is 0 Å². The molecule has 0 aromatic heterocycles. The second-order valence-corrected chi connectivity index (χ2v) is 8.51. The number of hydrogen-bond donors (Lipinski definition) is 0. The van der Waals surface area contributed by atoms with Gasteiger partial charge < -0.3 is 9.64 Å². The van der Waals surface area contributed by atoms with Crippen molar-refractivity contribution in [2.45, 2.75) is 57.5 Å². The summed E-state index contributed by atoms with van der Waals surface area (Å²) in [6, 6.07) is 4.70. The number of carbonyl (C=O) groups excluding carboxylic acids is 2. The second-order valence-electron chi connectivity index (χ2n) is 8.51. The highest BCUT2D eigenvalue weighted by Gasteiger charge is 2.42. The molecular weight excluding hydrogens is 373 g/mol. The summed E-state index contributed by atoms with van der Waals surface area (Å²) in [6.45, 7) is 6.58. The monoisotopic (exact) mass is 398 g/mol. The summed E-state index contributed by atoms with van der Waals surface area (Å²) in [4.78, 5) is 28.2. The van der Waals surface area contributed by atoms with Crippen molar-refractivity contribution >= 4 is 11.9 Å². The lowest BCUT2D eigenvalue weighted by molar-refractivity contribution is -0.137. The summed E-state index contributed by atoms with van der Waals surface area (Å²) >= 11 is 0. The molecule has 2 aliphatic heterocycles. The van der Waals surface area contributed by atoms with Gasteiger partial charge in [0, 0.05) is 25.6 Å². The van der Waals surface area contributed by atoms with E-state index < -0.39 is 23.4 Å². The average Bonchev–Trinajstić information content (AvgIpc) is 2.91. The molecule has 2 heterocycles. The van der Waals surface area contributed by atoms with Crippen LogP contribution >= 0.6 is 0 Å². The second kappa shape index (κ2) is 7.39. The molecule has 0 aliphatic carbocycles. The van der Waals surface area contributed by atoms with E-state index in [9.17, 15) is 22.8 Å². The van der Waals surface area contributed by atoms with Gasteiger partial charge in [-0.1, -0.05) is 12.1 Å². The normalized spacial score (nSPS) is 23.6. The third-order valence-corrected chi connectivity index (χ3v) is 5.03. The van der Waals surface area contributed by atoms with Gasteiger partial charge in [0.05, 0.1) is 18.2 Å². The SMILES string of the molecule is CC(C)(C)OC(=O)N1C[C@@H]2CC(=O)CN2C[C@@H]1Cc1ccc(C(F)(F)F)cc1. The number of rotatable bonds is 2. The summed E-state index contributed by atoms with van der Waals surface area (Å²) in [5, 5.41) is 0. The molecule has 154 valence electrons. The third kappa shape index (κ3) is 4.84. The maximum absolute atomic E-state index is 12.8. The molecule has 0 spiro atoms. The Morgan fingerprint density at radius 2 is 1.79 bits per heavy atom. The Balaban J connectivity index is 1.78. The standard InChI is InChI=1S/C20H25F3N2O3/c1-19(2,3)28-18(27)25-11-15-9-17(26)12-24(15)10-16(25)8-13-4-6-14(7-5-13)20(21,22)23/h4-7,15-16H,8-12H2,1-3H3/t15-,16-/m0/s1. The van der Waals surface area contributed by atoms with Crippen molar-refractivity contribution in [3.63, 3.8) is 0 Å². The first kappa shape index (κ1) is 20.6. The van der Waals surface area contributed by atoms with E-state index in [0.29, 0.717) is 38.0 Å². The van der Waals surface area contributed by atoms with E-state index in [4.69, 9.17) is 4.74 Å². The smallest absolute Gasteiger partial charge is 0.416 e. The van der Waals surface area contributed by atoms with E-state index in [-0.39, 0.29) is 17.9 Å². The highest BCUT2D eigenvalue weighted by molar-refractivity contribution is 5.83. The largest absolute Gasteiger partial charge is 0.444 e. The van der Waals surface area contributed by atoms with Crippen molar-refractivity contribution in [2.75, 3.05) is 19.6 Å². The molecule has 2 fully saturated rings. The number of piperazine rings is 1. The van der Waals surface area contributed by atoms with Gasteiger partial charge in [-0.25, -0.2) is 4.79 Å². The Morgan fingerprint density at radius 1 is 1.14 bits per heavy atom. The third-order valence-electron chi connectivity index (χ3n) is 5.03. The fraction of sp³-hybridized carbons (Fsp3) is 0.600. The number of hydrogen-bond acceptors (Lipinski definition) is 4. The number of amides is 1. The zero-order valence-corrected chi connectivity index (χ0v) is 16.3. The molecule has 5 nitrogen and oxygen atoms in total. The van der Waals surface area contributed by atoms with Crippen LogP contribution in [0.3, 0.4) is 0 Å². The van der Waals surface area contributed by atoms with E-state index in [1.165, 1.54) is 12.1 Å². The minimum Gasteiger partial charge on any atom is -0.444 e. The number of Topliss-reactive ketones (excluding diaryl/α,β-unsaturated/α-hetero) is 1. The number of halogens is 3. The lowest BCUT2D eigenvalue weighted by Gasteiger charge is -2.43. The molecule has 0 bridgehead atoms. The van der Waals surface area contributed by atoms with Crippen LogP contribution in [-0.2, 0) is 22.1 Å². The van der Waals surface area contributed by atoms with Gasteiger partial charge in [-0.15, -0.1) is 0 Å². The van der Waals surface area contributed by atoms with Crippen LogP contribution in [0.15, 0.2) is 24.3 Å². The average molecular weight is 398 g/mol. The fourth-order valence-corrected chi connectivity index (χ4v) is 3.77. The van der Waals surface area contributed by atoms with Crippen molar-refractivity contribution < 1.29 is 27.5 Å². The minimum absolute atomic E-state index is 0.0242. The Morgan fingerprint density at radius 3 is 2.36 bits per heavy atom. The highest BCUT2D eigenvalue weighted by Crippen LogP contribution is 2.30. The van der Waals surface area contributed by atoms with Crippen LogP contribution in [0.1, 0.15) is 38.3 Å². The number of benzene rings is 1. The van der Waals surface area contributed by atoms with E-state index in [1.807, 2.05) is 0 Å². The number of carbonyl (C=O) groups is 2. The van der Waals surface area contributed by atoms with Crippen LogP contribution in [0, 0.1) is 0 Å². The summed E-state index contributed by atoms with van der Waals surface area (Å²) in [7, 11) is 0. The first-order chi connectivity index (χ1) is 12.9. The molecule has 0 unspecified atom stereocenters. The molecule has 2 aliphatic rings. The minimum atomic E-state index is -4.38. The number of ketones is 1. The molecule has 0 N–H and O–H groups in total. The lowest BCUT2D eigenvalue weighted by atomic mass is 9.99. The Labute approximate surface area is 162 Å². The van der Waals surface area contributed by atoms with Crippen LogP contribution in [-0.4, -0.2) is 59.0 Å². The van der Waals surface area contributed by atoms with E-state index in [1.54, 1.807) is 25.7 Å². The van der Waals surface area contributed by atoms with Crippen LogP contribution in [0.5, 0.6) is 0 Å². The van der Waals surface area contributed by atoms with Crippen LogP contribution in [0.4, 0.5) is 18.0 Å². The lowest BCUT2D eigenvalue weighted by Crippen LogP contribution is -2.59. The van der Waals surface area contributed by atoms with Crippen molar-refractivity contribution in [3.05, 3.63) is 35.4 Å². The van der Waals surface area contributed by atoms with Crippen LogP contribution in [0.25, 0.3) is 0 Å². The van der Waals surface area contributed by atoms with E-state index >= 15 is 0 Å². The van der Waals surface area contributed by atoms with Crippen LogP contribution in [0.2, 0.25) is 0 Å². The zero-order chi connectivity index (χ0) is 20.7. The predicted molar refractivity (Wildman–Crippen MR) is 96.9 cm³/mol. The summed E-state index contributed by atoms with van der Waals surface area (Å²) in [5.74, 6) is 0.143. The summed E-state index contributed by atoms with van der Waals surface area (Å²) < 4.78 is 43.9. The predicted octanol–water partition coefficient (Wildman–Crippen LogP) is 3.51. The van der Waals surface area contributed by atoms with E-state index in [0.717, 1.165) is 12.1 Å². The molecule has 0 saturated carbocycles. The van der Waals surface area contributed by atoms with Crippen molar-refractivity contribution in [1.82, 2.24) is 9.80 Å². The van der Waals surface area contributed by atoms with Crippen LogP contribution < -0.4 is 0 Å². The van der Waals surface area contributed by atoms with Gasteiger partial charge in [0.15, 0.2) is 0 Å². The molecule has 2 saturated heterocycles. The molecule has 8 heteroatoms. The van der Waals surface area contributed by atoms with Gasteiger partial charge in [0.1, 0.15) is 11.4 Å². The Bertz CT molecular complexity index is 741. The van der Waals surface area contributed by atoms with Gasteiger partial charge in [-0.3, -0.25) is 9.69 Å². The van der Waals surface area contributed by atoms with Crippen molar-refractivity contribution in [1.29, 1.82) is 0 Å². The van der Waals surface area contributed by atoms with Gasteiger partial charge in [0.2, 0.25) is 0 Å². The zero-order valence-electron chi connectivity index (χ0n) is 16.3. The molecule has 1 aromatic rings. The molecular formula is C20H25F3N2O3. The maximum Gasteiger partial charge on any atom is 0.416 e. The summed E-state index contributed by atoms with van der Waals surface area (Å²) in [5.41, 5.74) is -0.650. The molecule has 2 atom stereocenters. The topological polar surface area (TPSA) is 49.9 Å². The first-order valence-electron chi connectivity index (χ1n) is 9.34. The van der Waals surface area contributed by atoms with Crippen molar-refractivity contribution in [2.24, 2.45) is 0 Å². The summed E-state index contributed by atoms with van der Waals surface area (Å²) in [6.07, 6.45) is -4.03. The highest BCUT2D eigenvalue weighted by atomic mass is 19.4. The Hall–Kier alpha value is -2.09. The molecule has 1 amide bonds. The number of ether oxygens (including phenoxy) is 1. The molecule has 0 radical (unpaired) electrons. The fourth-order valence-electron chi connectivity index (χ4n) is 3.77. The maximum atomic E-state index is 12.8. The van der Waals surface area contributed by atoms with Crippen molar-refractivity contribution in [3.8, 4) is 0 Å². The van der Waals surface area contributed by atoms with Gasteiger partial charge in [-0.05, 0) is 44.9 Å².